The summed E-state index contributed by atoms with van der Waals surface area (Å²) in [6.45, 7) is 1.65. The molecule has 0 bridgehead atoms. The summed E-state index contributed by atoms with van der Waals surface area (Å²) in [6.07, 6.45) is 2.86. The second kappa shape index (κ2) is 6.21. The first-order chi connectivity index (χ1) is 9.47. The maximum Gasteiger partial charge on any atom is 0.238 e. The smallest absolute Gasteiger partial charge is 0.238 e. The minimum atomic E-state index is -3.60. The Morgan fingerprint density at radius 1 is 1.20 bits per heavy atom. The average molecular weight is 293 g/mol. The lowest BCUT2D eigenvalue weighted by atomic mass is 10.1. The number of hydrogen-bond acceptors (Lipinski definition) is 3. The Labute approximate surface area is 119 Å². The van der Waals surface area contributed by atoms with Crippen LogP contribution in [0.25, 0.3) is 0 Å². The molecule has 0 aliphatic carbocycles. The van der Waals surface area contributed by atoms with E-state index in [0.29, 0.717) is 0 Å². The van der Waals surface area contributed by atoms with Crippen LogP contribution in [-0.4, -0.2) is 19.5 Å². The second-order valence-corrected chi connectivity index (χ2v) is 6.29. The SMILES string of the molecule is Cn1cccc1CNCCc1ccc(S(N)(=O)=O)cc1. The fourth-order valence-corrected chi connectivity index (χ4v) is 2.49. The lowest BCUT2D eigenvalue weighted by Crippen LogP contribution is -2.18. The molecule has 0 aliphatic rings. The van der Waals surface area contributed by atoms with Gasteiger partial charge in [0.05, 0.1) is 4.90 Å². The Balaban J connectivity index is 1.81. The lowest BCUT2D eigenvalue weighted by molar-refractivity contribution is 0.597. The summed E-state index contributed by atoms with van der Waals surface area (Å²) in [5, 5.41) is 8.41. The molecule has 2 rings (SSSR count). The third-order valence-electron chi connectivity index (χ3n) is 3.20. The highest BCUT2D eigenvalue weighted by Crippen LogP contribution is 2.09. The molecule has 108 valence electrons. The van der Waals surface area contributed by atoms with E-state index in [-0.39, 0.29) is 4.90 Å². The van der Waals surface area contributed by atoms with Crippen molar-refractivity contribution >= 4 is 10.0 Å². The van der Waals surface area contributed by atoms with Gasteiger partial charge in [-0.1, -0.05) is 12.1 Å². The van der Waals surface area contributed by atoms with Gasteiger partial charge in [0.2, 0.25) is 10.0 Å². The molecule has 0 amide bonds. The zero-order valence-corrected chi connectivity index (χ0v) is 12.2. The molecule has 6 heteroatoms. The topological polar surface area (TPSA) is 77.1 Å². The summed E-state index contributed by atoms with van der Waals surface area (Å²) < 4.78 is 24.3. The molecule has 0 unspecified atom stereocenters. The third kappa shape index (κ3) is 3.93. The van der Waals surface area contributed by atoms with E-state index in [9.17, 15) is 8.42 Å². The van der Waals surface area contributed by atoms with Crippen LogP contribution in [0.4, 0.5) is 0 Å². The highest BCUT2D eigenvalue weighted by atomic mass is 32.2. The van der Waals surface area contributed by atoms with Crippen LogP contribution in [0.5, 0.6) is 0 Å². The van der Waals surface area contributed by atoms with Crippen molar-refractivity contribution in [3.05, 3.63) is 53.9 Å². The largest absolute Gasteiger partial charge is 0.353 e. The summed E-state index contributed by atoms with van der Waals surface area (Å²) in [5.41, 5.74) is 2.31. The van der Waals surface area contributed by atoms with Crippen LogP contribution in [0, 0.1) is 0 Å². The quantitative estimate of drug-likeness (QED) is 0.780. The summed E-state index contributed by atoms with van der Waals surface area (Å²) in [5.74, 6) is 0. The fraction of sp³-hybridized carbons (Fsp3) is 0.286. The fourth-order valence-electron chi connectivity index (χ4n) is 1.98. The zero-order chi connectivity index (χ0) is 14.6. The molecule has 20 heavy (non-hydrogen) atoms. The molecule has 0 fully saturated rings. The van der Waals surface area contributed by atoms with Gasteiger partial charge in [0.15, 0.2) is 0 Å². The van der Waals surface area contributed by atoms with Crippen molar-refractivity contribution in [2.24, 2.45) is 12.2 Å². The summed E-state index contributed by atoms with van der Waals surface area (Å²) in [4.78, 5) is 0.151. The highest BCUT2D eigenvalue weighted by Gasteiger charge is 2.06. The van der Waals surface area contributed by atoms with Crippen LogP contribution in [-0.2, 0) is 30.0 Å². The Bertz CT molecular complexity index is 660. The first-order valence-electron chi connectivity index (χ1n) is 6.39. The highest BCUT2D eigenvalue weighted by molar-refractivity contribution is 7.89. The number of aromatic nitrogens is 1. The Morgan fingerprint density at radius 3 is 2.45 bits per heavy atom. The first kappa shape index (κ1) is 14.8. The number of nitrogens with two attached hydrogens (primary N) is 1. The minimum Gasteiger partial charge on any atom is -0.353 e. The summed E-state index contributed by atoms with van der Waals surface area (Å²) in [7, 11) is -1.58. The number of primary sulfonamides is 1. The number of benzene rings is 1. The Morgan fingerprint density at radius 2 is 1.90 bits per heavy atom. The van der Waals surface area contributed by atoms with Crippen LogP contribution in [0.3, 0.4) is 0 Å². The lowest BCUT2D eigenvalue weighted by Gasteiger charge is -2.06. The van der Waals surface area contributed by atoms with Gasteiger partial charge in [0, 0.05) is 25.5 Å². The van der Waals surface area contributed by atoms with Crippen molar-refractivity contribution in [1.82, 2.24) is 9.88 Å². The number of sulfonamides is 1. The molecular formula is C14H19N3O2S. The molecule has 5 nitrogen and oxygen atoms in total. The molecule has 2 aromatic rings. The minimum absolute atomic E-state index is 0.151. The Hall–Kier alpha value is -1.63. The number of nitrogens with zero attached hydrogens (tertiary/aromatic N) is 1. The van der Waals surface area contributed by atoms with Gasteiger partial charge < -0.3 is 9.88 Å². The van der Waals surface area contributed by atoms with Crippen molar-refractivity contribution < 1.29 is 8.42 Å². The molecule has 1 aromatic heterocycles. The van der Waals surface area contributed by atoms with E-state index in [2.05, 4.69) is 16.0 Å². The molecular weight excluding hydrogens is 274 g/mol. The average Bonchev–Trinajstić information content (AvgIpc) is 2.80. The van der Waals surface area contributed by atoms with Gasteiger partial charge in [0.1, 0.15) is 0 Å². The third-order valence-corrected chi connectivity index (χ3v) is 4.13. The van der Waals surface area contributed by atoms with Crippen molar-refractivity contribution in [3.63, 3.8) is 0 Å². The van der Waals surface area contributed by atoms with Crippen LogP contribution in [0.15, 0.2) is 47.5 Å². The van der Waals surface area contributed by atoms with Crippen LogP contribution in [0.2, 0.25) is 0 Å². The van der Waals surface area contributed by atoms with Crippen molar-refractivity contribution in [1.29, 1.82) is 0 Å². The Kier molecular flexibility index (Phi) is 4.59. The van der Waals surface area contributed by atoms with Gasteiger partial charge in [-0.3, -0.25) is 0 Å². The van der Waals surface area contributed by atoms with Crippen molar-refractivity contribution in [2.45, 2.75) is 17.9 Å². The summed E-state index contributed by atoms with van der Waals surface area (Å²) in [6, 6.07) is 10.8. The normalized spacial score (nSPS) is 11.7. The number of nitrogens with one attached hydrogen (secondary N) is 1. The number of hydrogen-bond donors (Lipinski definition) is 2. The van der Waals surface area contributed by atoms with Gasteiger partial charge in [-0.2, -0.15) is 0 Å². The van der Waals surface area contributed by atoms with E-state index >= 15 is 0 Å². The van der Waals surface area contributed by atoms with Gasteiger partial charge in [-0.05, 0) is 42.8 Å². The van der Waals surface area contributed by atoms with Crippen molar-refractivity contribution in [3.8, 4) is 0 Å². The standard InChI is InChI=1S/C14H19N3O2S/c1-17-10-2-3-13(17)11-16-9-8-12-4-6-14(7-5-12)20(15,18)19/h2-7,10,16H,8-9,11H2,1H3,(H2,15,18,19). The van der Waals surface area contributed by atoms with Gasteiger partial charge in [-0.25, -0.2) is 13.6 Å². The second-order valence-electron chi connectivity index (χ2n) is 4.73. The van der Waals surface area contributed by atoms with Crippen LogP contribution < -0.4 is 10.5 Å². The summed E-state index contributed by atoms with van der Waals surface area (Å²) >= 11 is 0. The maximum absolute atomic E-state index is 11.1. The van der Waals surface area contributed by atoms with E-state index in [0.717, 1.165) is 25.1 Å². The van der Waals surface area contributed by atoms with Gasteiger partial charge in [0.25, 0.3) is 0 Å². The van der Waals surface area contributed by atoms with Crippen molar-refractivity contribution in [2.75, 3.05) is 6.54 Å². The predicted octanol–water partition coefficient (Wildman–Crippen LogP) is 1.00. The molecule has 1 heterocycles. The number of aryl methyl sites for hydroxylation is 1. The molecule has 0 spiro atoms. The number of rotatable bonds is 6. The van der Waals surface area contributed by atoms with Crippen LogP contribution >= 0.6 is 0 Å². The molecule has 0 aliphatic heterocycles. The van der Waals surface area contributed by atoms with E-state index < -0.39 is 10.0 Å². The molecule has 0 atom stereocenters. The van der Waals surface area contributed by atoms with E-state index in [1.807, 2.05) is 19.3 Å². The molecule has 0 saturated carbocycles. The monoisotopic (exact) mass is 293 g/mol. The molecule has 0 saturated heterocycles. The van der Waals surface area contributed by atoms with E-state index in [1.54, 1.807) is 24.3 Å². The first-order valence-corrected chi connectivity index (χ1v) is 7.94. The van der Waals surface area contributed by atoms with E-state index in [1.165, 1.54) is 5.69 Å². The van der Waals surface area contributed by atoms with Gasteiger partial charge in [-0.15, -0.1) is 0 Å². The molecule has 0 radical (unpaired) electrons. The zero-order valence-electron chi connectivity index (χ0n) is 11.4. The molecule has 1 aromatic carbocycles. The maximum atomic E-state index is 11.1. The van der Waals surface area contributed by atoms with E-state index in [4.69, 9.17) is 5.14 Å². The predicted molar refractivity (Wildman–Crippen MR) is 78.6 cm³/mol. The van der Waals surface area contributed by atoms with Gasteiger partial charge >= 0.3 is 0 Å². The van der Waals surface area contributed by atoms with Crippen LogP contribution in [0.1, 0.15) is 11.3 Å². The molecule has 3 N–H and O–H groups in total.